The van der Waals surface area contributed by atoms with Crippen LogP contribution in [-0.2, 0) is 0 Å². The highest BCUT2D eigenvalue weighted by Crippen LogP contribution is 2.33. The Hall–Kier alpha value is -3.36. The number of rotatable bonds is 7. The van der Waals surface area contributed by atoms with Gasteiger partial charge in [0.25, 0.3) is 5.91 Å². The molecule has 9 heteroatoms. The predicted octanol–water partition coefficient (Wildman–Crippen LogP) is 1.92. The zero-order valence-electron chi connectivity index (χ0n) is 13.7. The van der Waals surface area contributed by atoms with E-state index in [1.807, 2.05) is 0 Å². The van der Waals surface area contributed by atoms with Crippen molar-refractivity contribution in [1.29, 1.82) is 0 Å². The van der Waals surface area contributed by atoms with E-state index in [0.717, 1.165) is 6.07 Å². The molecule has 0 aliphatic heterocycles. The largest absolute Gasteiger partial charge is 0.545 e. The molecule has 2 aromatic rings. The molecule has 0 atom stereocenters. The molecule has 0 radical (unpaired) electrons. The first-order valence-corrected chi connectivity index (χ1v) is 7.20. The van der Waals surface area contributed by atoms with Crippen LogP contribution in [0.3, 0.4) is 0 Å². The lowest BCUT2D eigenvalue weighted by Gasteiger charge is -2.17. The number of methoxy groups -OCH3 is 2. The van der Waals surface area contributed by atoms with E-state index in [-0.39, 0.29) is 34.1 Å². The summed E-state index contributed by atoms with van der Waals surface area (Å²) in [5.41, 5.74) is -0.727. The molecule has 1 N–H and O–H groups in total. The molecule has 0 unspecified atom stereocenters. The quantitative estimate of drug-likeness (QED) is 0.804. The van der Waals surface area contributed by atoms with Crippen LogP contribution in [-0.4, -0.2) is 32.7 Å². The van der Waals surface area contributed by atoms with Gasteiger partial charge in [0.1, 0.15) is 5.75 Å². The number of para-hydroxylation sites is 1. The molecule has 138 valence electrons. The number of hydrogen-bond acceptors (Lipinski definition) is 6. The van der Waals surface area contributed by atoms with Gasteiger partial charge >= 0.3 is 6.61 Å². The Morgan fingerprint density at radius 1 is 1.00 bits per heavy atom. The highest BCUT2D eigenvalue weighted by atomic mass is 19.3. The lowest BCUT2D eigenvalue weighted by Crippen LogP contribution is -2.25. The standard InChI is InChI=1S/C17H15F2NO6/c1-24-13-7-10(16(22)23)11(8-14(13)25-2)20-15(21)9-5-3-4-6-12(9)26-17(18)19/h3-8,17H,1-2H3,(H,20,21)(H,22,23)/p-1. The maximum absolute atomic E-state index is 12.5. The van der Waals surface area contributed by atoms with Gasteiger partial charge in [-0.2, -0.15) is 8.78 Å². The van der Waals surface area contributed by atoms with Crippen LogP contribution in [0.15, 0.2) is 36.4 Å². The molecule has 0 saturated carbocycles. The summed E-state index contributed by atoms with van der Waals surface area (Å²) in [5.74, 6) is -2.50. The number of hydrogen-bond donors (Lipinski definition) is 1. The lowest BCUT2D eigenvalue weighted by molar-refractivity contribution is -0.254. The van der Waals surface area contributed by atoms with Crippen molar-refractivity contribution >= 4 is 17.6 Å². The molecule has 0 saturated heterocycles. The number of carboxylic acids is 1. The van der Waals surface area contributed by atoms with Gasteiger partial charge in [-0.3, -0.25) is 4.79 Å². The number of halogens is 2. The number of benzene rings is 2. The normalized spacial score (nSPS) is 10.3. The third kappa shape index (κ3) is 4.18. The fourth-order valence-corrected chi connectivity index (χ4v) is 2.19. The first kappa shape index (κ1) is 19.0. The Morgan fingerprint density at radius 3 is 2.19 bits per heavy atom. The van der Waals surface area contributed by atoms with Crippen LogP contribution in [0.25, 0.3) is 0 Å². The fraction of sp³-hybridized carbons (Fsp3) is 0.176. The predicted molar refractivity (Wildman–Crippen MR) is 84.9 cm³/mol. The van der Waals surface area contributed by atoms with Crippen molar-refractivity contribution in [2.45, 2.75) is 6.61 Å². The van der Waals surface area contributed by atoms with Crippen molar-refractivity contribution in [1.82, 2.24) is 0 Å². The summed E-state index contributed by atoms with van der Waals surface area (Å²) >= 11 is 0. The van der Waals surface area contributed by atoms with E-state index in [0.29, 0.717) is 0 Å². The molecule has 0 bridgehead atoms. The van der Waals surface area contributed by atoms with Gasteiger partial charge in [0.05, 0.1) is 31.4 Å². The molecular formula is C17H14F2NO6-. The first-order valence-electron chi connectivity index (χ1n) is 7.20. The number of amides is 1. The zero-order valence-corrected chi connectivity index (χ0v) is 13.7. The maximum Gasteiger partial charge on any atom is 0.387 e. The monoisotopic (exact) mass is 366 g/mol. The highest BCUT2D eigenvalue weighted by molar-refractivity contribution is 6.09. The summed E-state index contributed by atoms with van der Waals surface area (Å²) in [6, 6.07) is 7.64. The molecule has 0 heterocycles. The van der Waals surface area contributed by atoms with Crippen LogP contribution in [0.1, 0.15) is 20.7 Å². The van der Waals surface area contributed by atoms with Crippen molar-refractivity contribution in [2.24, 2.45) is 0 Å². The minimum absolute atomic E-state index is 0.117. The molecule has 0 aromatic heterocycles. The lowest BCUT2D eigenvalue weighted by atomic mass is 10.1. The number of carbonyl (C=O) groups is 2. The van der Waals surface area contributed by atoms with Gasteiger partial charge in [-0.1, -0.05) is 12.1 Å². The average Bonchev–Trinajstić information content (AvgIpc) is 2.60. The van der Waals surface area contributed by atoms with E-state index in [2.05, 4.69) is 10.1 Å². The van der Waals surface area contributed by atoms with E-state index in [4.69, 9.17) is 9.47 Å². The van der Waals surface area contributed by atoms with Gasteiger partial charge < -0.3 is 29.4 Å². The van der Waals surface area contributed by atoms with Gasteiger partial charge in [0.2, 0.25) is 0 Å². The average molecular weight is 366 g/mol. The Balaban J connectivity index is 2.42. The molecule has 2 aromatic carbocycles. The van der Waals surface area contributed by atoms with Gasteiger partial charge in [-0.25, -0.2) is 0 Å². The summed E-state index contributed by atoms with van der Waals surface area (Å²) < 4.78 is 39.3. The molecule has 2 rings (SSSR count). The second-order valence-corrected chi connectivity index (χ2v) is 4.87. The van der Waals surface area contributed by atoms with Gasteiger partial charge in [-0.05, 0) is 18.2 Å². The van der Waals surface area contributed by atoms with Crippen molar-refractivity contribution < 1.29 is 37.7 Å². The van der Waals surface area contributed by atoms with E-state index in [9.17, 15) is 23.5 Å². The topological polar surface area (TPSA) is 96.9 Å². The van der Waals surface area contributed by atoms with Crippen molar-refractivity contribution in [3.05, 3.63) is 47.5 Å². The number of anilines is 1. The Labute approximate surface area is 147 Å². The number of ether oxygens (including phenoxy) is 3. The molecule has 0 aliphatic carbocycles. The summed E-state index contributed by atoms with van der Waals surface area (Å²) in [4.78, 5) is 23.8. The first-order chi connectivity index (χ1) is 12.4. The second kappa shape index (κ2) is 8.15. The van der Waals surface area contributed by atoms with Crippen molar-refractivity contribution in [3.63, 3.8) is 0 Å². The number of carbonyl (C=O) groups excluding carboxylic acids is 2. The zero-order chi connectivity index (χ0) is 19.3. The van der Waals surface area contributed by atoms with E-state index in [1.54, 1.807) is 0 Å². The Morgan fingerprint density at radius 2 is 1.62 bits per heavy atom. The second-order valence-electron chi connectivity index (χ2n) is 4.87. The number of carboxylic acid groups (broad SMARTS) is 1. The van der Waals surface area contributed by atoms with Crippen LogP contribution in [0.5, 0.6) is 17.2 Å². The Bertz CT molecular complexity index is 825. The highest BCUT2D eigenvalue weighted by Gasteiger charge is 2.18. The minimum Gasteiger partial charge on any atom is -0.545 e. The third-order valence-electron chi connectivity index (χ3n) is 3.34. The van der Waals surface area contributed by atoms with E-state index >= 15 is 0 Å². The van der Waals surface area contributed by atoms with Crippen molar-refractivity contribution in [2.75, 3.05) is 19.5 Å². The fourth-order valence-electron chi connectivity index (χ4n) is 2.19. The smallest absolute Gasteiger partial charge is 0.387 e. The van der Waals surface area contributed by atoms with Crippen molar-refractivity contribution in [3.8, 4) is 17.2 Å². The van der Waals surface area contributed by atoms with Crippen LogP contribution < -0.4 is 24.6 Å². The Kier molecular flexibility index (Phi) is 5.94. The van der Waals surface area contributed by atoms with Gasteiger partial charge in [-0.15, -0.1) is 0 Å². The molecule has 0 spiro atoms. The summed E-state index contributed by atoms with van der Waals surface area (Å²) in [6.07, 6.45) is 0. The van der Waals surface area contributed by atoms with Crippen LogP contribution in [0, 0.1) is 0 Å². The van der Waals surface area contributed by atoms with E-state index in [1.165, 1.54) is 44.6 Å². The molecule has 0 aliphatic rings. The number of nitrogens with one attached hydrogen (secondary N) is 1. The molecule has 0 fully saturated rings. The molecule has 26 heavy (non-hydrogen) atoms. The summed E-state index contributed by atoms with van der Waals surface area (Å²) in [7, 11) is 2.64. The summed E-state index contributed by atoms with van der Waals surface area (Å²) in [6.45, 7) is -3.12. The number of alkyl halides is 2. The SMILES string of the molecule is COc1cc(NC(=O)c2ccccc2OC(F)F)c(C(=O)[O-])cc1OC. The number of aromatic carboxylic acids is 1. The third-order valence-corrected chi connectivity index (χ3v) is 3.34. The summed E-state index contributed by atoms with van der Waals surface area (Å²) in [5, 5.41) is 13.7. The maximum atomic E-state index is 12.5. The van der Waals surface area contributed by atoms with E-state index < -0.39 is 18.5 Å². The molecule has 1 amide bonds. The molecule has 7 nitrogen and oxygen atoms in total. The van der Waals surface area contributed by atoms with Gasteiger partial charge in [0, 0.05) is 11.6 Å². The van der Waals surface area contributed by atoms with Gasteiger partial charge in [0.15, 0.2) is 11.5 Å². The minimum atomic E-state index is -3.12. The van der Waals surface area contributed by atoms with Crippen LogP contribution >= 0.6 is 0 Å². The van der Waals surface area contributed by atoms with Crippen LogP contribution in [0.2, 0.25) is 0 Å². The molecular weight excluding hydrogens is 352 g/mol. The van der Waals surface area contributed by atoms with Crippen LogP contribution in [0.4, 0.5) is 14.5 Å².